The Morgan fingerprint density at radius 3 is 1.96 bits per heavy atom. The van der Waals surface area contributed by atoms with Crippen LogP contribution in [0.2, 0.25) is 0 Å². The molecule has 1 atom stereocenters. The summed E-state index contributed by atoms with van der Waals surface area (Å²) in [7, 11) is -5.00. The Kier molecular flexibility index (Phi) is 12.5. The Morgan fingerprint density at radius 2 is 1.54 bits per heavy atom. The quantitative estimate of drug-likeness (QED) is 0.205. The predicted molar refractivity (Wildman–Crippen MR) is 104 cm³/mol. The fourth-order valence-electron chi connectivity index (χ4n) is 3.18. The van der Waals surface area contributed by atoms with Crippen LogP contribution in [0.5, 0.6) is 5.75 Å². The van der Waals surface area contributed by atoms with Crippen molar-refractivity contribution >= 4 is 10.1 Å². The van der Waals surface area contributed by atoms with Crippen LogP contribution >= 0.6 is 0 Å². The smallest absolute Gasteiger partial charge is 0.744 e. The van der Waals surface area contributed by atoms with Crippen LogP contribution in [0.1, 0.15) is 60.3 Å². The van der Waals surface area contributed by atoms with E-state index in [0.29, 0.717) is 12.2 Å². The van der Waals surface area contributed by atoms with Gasteiger partial charge in [-0.15, -0.1) is 0 Å². The Labute approximate surface area is 192 Å². The maximum absolute atomic E-state index is 12.4. The monoisotopic (exact) mass is 424 g/mol. The Morgan fingerprint density at radius 1 is 1.00 bits per heavy atom. The summed E-state index contributed by atoms with van der Waals surface area (Å²) < 4.78 is 54.2. The first-order valence-electron chi connectivity index (χ1n) is 9.59. The zero-order chi connectivity index (χ0) is 20.6. The fourth-order valence-corrected chi connectivity index (χ4v) is 4.33. The molecule has 8 heteroatoms. The van der Waals surface area contributed by atoms with Crippen molar-refractivity contribution in [3.63, 3.8) is 0 Å². The van der Waals surface area contributed by atoms with Gasteiger partial charge in [0.15, 0.2) is 16.2 Å². The molecular weight excluding hydrogens is 391 g/mol. The minimum absolute atomic E-state index is 0. The van der Waals surface area contributed by atoms with Gasteiger partial charge in [0, 0.05) is 18.6 Å². The maximum Gasteiger partial charge on any atom is 1.00 e. The molecule has 1 rings (SSSR count). The Hall–Kier alpha value is -0.150. The second-order valence-corrected chi connectivity index (χ2v) is 8.66. The van der Waals surface area contributed by atoms with Crippen LogP contribution in [0.15, 0.2) is 30.3 Å². The van der Waals surface area contributed by atoms with Crippen molar-refractivity contribution in [2.45, 2.75) is 71.5 Å². The number of rotatable bonds is 13. The molecule has 0 N–H and O–H groups in total. The summed E-state index contributed by atoms with van der Waals surface area (Å²) in [5, 5.41) is -2.41. The van der Waals surface area contributed by atoms with E-state index in [0.717, 1.165) is 19.3 Å². The second kappa shape index (κ2) is 12.5. The summed E-state index contributed by atoms with van der Waals surface area (Å²) in [5.74, 6) is 0.457. The molecule has 0 aliphatic rings. The molecule has 6 nitrogen and oxygen atoms in total. The SMILES string of the molecule is CCCCCC(C)(C)C(Oc1ccccc1)C(OCC)(OCC)S(=O)(=O)[O-].[Na+]. The molecule has 0 aliphatic heterocycles. The average Bonchev–Trinajstić information content (AvgIpc) is 2.59. The van der Waals surface area contributed by atoms with Crippen molar-refractivity contribution in [2.75, 3.05) is 13.2 Å². The molecule has 0 saturated carbocycles. The van der Waals surface area contributed by atoms with E-state index >= 15 is 0 Å². The molecule has 0 bridgehead atoms. The third-order valence-corrected chi connectivity index (χ3v) is 5.64. The first-order chi connectivity index (χ1) is 12.6. The minimum atomic E-state index is -5.00. The largest absolute Gasteiger partial charge is 1.00 e. The molecule has 0 spiro atoms. The molecule has 0 heterocycles. The molecule has 0 aliphatic carbocycles. The summed E-state index contributed by atoms with van der Waals surface area (Å²) in [6.07, 6.45) is 2.44. The second-order valence-electron chi connectivity index (χ2n) is 7.18. The van der Waals surface area contributed by atoms with Crippen molar-refractivity contribution in [1.29, 1.82) is 0 Å². The molecule has 28 heavy (non-hydrogen) atoms. The molecule has 156 valence electrons. The first-order valence-corrected chi connectivity index (χ1v) is 11.0. The van der Waals surface area contributed by atoms with Crippen LogP contribution in [0, 0.1) is 5.41 Å². The van der Waals surface area contributed by atoms with Crippen molar-refractivity contribution < 1.29 is 56.7 Å². The number of para-hydroxylation sites is 1. The van der Waals surface area contributed by atoms with Crippen molar-refractivity contribution in [1.82, 2.24) is 0 Å². The first kappa shape index (κ1) is 27.8. The van der Waals surface area contributed by atoms with Crippen LogP contribution in [-0.2, 0) is 19.6 Å². The number of ether oxygens (including phenoxy) is 3. The van der Waals surface area contributed by atoms with E-state index in [1.165, 1.54) is 0 Å². The summed E-state index contributed by atoms with van der Waals surface area (Å²) in [6, 6.07) is 8.83. The fraction of sp³-hybridized carbons (Fsp3) is 0.700. The van der Waals surface area contributed by atoms with E-state index in [9.17, 15) is 13.0 Å². The molecule has 1 aromatic carbocycles. The van der Waals surface area contributed by atoms with Crippen LogP contribution in [0.4, 0.5) is 0 Å². The van der Waals surface area contributed by atoms with Gasteiger partial charge in [0.25, 0.3) is 0 Å². The van der Waals surface area contributed by atoms with Crippen molar-refractivity contribution in [2.24, 2.45) is 5.41 Å². The molecule has 0 aromatic heterocycles. The molecule has 0 saturated heterocycles. The zero-order valence-electron chi connectivity index (χ0n) is 18.1. The van der Waals surface area contributed by atoms with Gasteiger partial charge in [-0.25, -0.2) is 8.42 Å². The Balaban J connectivity index is 0.00000729. The van der Waals surface area contributed by atoms with Gasteiger partial charge in [0.1, 0.15) is 5.75 Å². The van der Waals surface area contributed by atoms with Gasteiger partial charge in [-0.1, -0.05) is 58.2 Å². The Bertz CT molecular complexity index is 642. The summed E-state index contributed by atoms with van der Waals surface area (Å²) >= 11 is 0. The van der Waals surface area contributed by atoms with Crippen LogP contribution in [0.3, 0.4) is 0 Å². The summed E-state index contributed by atoms with van der Waals surface area (Å²) in [5.41, 5.74) is -0.688. The van der Waals surface area contributed by atoms with E-state index in [2.05, 4.69) is 6.92 Å². The van der Waals surface area contributed by atoms with Gasteiger partial charge < -0.3 is 18.8 Å². The van der Waals surface area contributed by atoms with E-state index in [1.807, 2.05) is 19.9 Å². The molecule has 1 aromatic rings. The molecule has 0 radical (unpaired) electrons. The van der Waals surface area contributed by atoms with Crippen molar-refractivity contribution in [3.8, 4) is 5.75 Å². The number of benzene rings is 1. The van der Waals surface area contributed by atoms with E-state index in [4.69, 9.17) is 14.2 Å². The summed E-state index contributed by atoms with van der Waals surface area (Å²) in [4.78, 5) is 0. The van der Waals surface area contributed by atoms with Gasteiger partial charge in [-0.3, -0.25) is 0 Å². The molecule has 1 unspecified atom stereocenters. The van der Waals surface area contributed by atoms with E-state index in [1.54, 1.807) is 38.1 Å². The van der Waals surface area contributed by atoms with Gasteiger partial charge in [0.05, 0.1) is 0 Å². The average molecular weight is 425 g/mol. The van der Waals surface area contributed by atoms with Gasteiger partial charge in [-0.2, -0.15) is 0 Å². The normalized spacial score (nSPS) is 13.6. The van der Waals surface area contributed by atoms with E-state index in [-0.39, 0.29) is 42.8 Å². The summed E-state index contributed by atoms with van der Waals surface area (Å²) in [6.45, 7) is 9.12. The third-order valence-electron chi connectivity index (χ3n) is 4.49. The molecule has 0 fully saturated rings. The standard InChI is InChI=1S/C20H34O6S.Na/c1-6-9-13-16-19(4,5)18(26-17-14-11-10-12-15-17)20(24-7-2,25-8-3)27(21,22)23;/h10-12,14-15,18H,6-9,13,16H2,1-5H3,(H,21,22,23);/q;+1/p-1. The number of unbranched alkanes of at least 4 members (excludes halogenated alkanes) is 2. The number of hydrogen-bond donors (Lipinski definition) is 0. The predicted octanol–water partition coefficient (Wildman–Crippen LogP) is 1.32. The van der Waals surface area contributed by atoms with Gasteiger partial charge >= 0.3 is 34.7 Å². The van der Waals surface area contributed by atoms with Crippen LogP contribution in [-0.4, -0.2) is 37.4 Å². The number of hydrogen-bond acceptors (Lipinski definition) is 6. The van der Waals surface area contributed by atoms with Gasteiger partial charge in [-0.05, 0) is 32.4 Å². The zero-order valence-corrected chi connectivity index (χ0v) is 20.9. The molecule has 0 amide bonds. The van der Waals surface area contributed by atoms with Crippen molar-refractivity contribution in [3.05, 3.63) is 30.3 Å². The minimum Gasteiger partial charge on any atom is -0.744 e. The van der Waals surface area contributed by atoms with Gasteiger partial charge in [0.2, 0.25) is 0 Å². The van der Waals surface area contributed by atoms with Crippen LogP contribution < -0.4 is 34.3 Å². The molecular formula is C20H33NaO6S. The van der Waals surface area contributed by atoms with E-state index < -0.39 is 26.8 Å². The maximum atomic E-state index is 12.4. The van der Waals surface area contributed by atoms with Crippen LogP contribution in [0.25, 0.3) is 0 Å². The third kappa shape index (κ3) is 7.27. The topological polar surface area (TPSA) is 84.9 Å².